The van der Waals surface area contributed by atoms with Crippen molar-refractivity contribution >= 4 is 35.0 Å². The Morgan fingerprint density at radius 1 is 1.00 bits per heavy atom. The van der Waals surface area contributed by atoms with E-state index in [1.807, 2.05) is 0 Å². The number of ketones is 2. The number of amides is 2. The first-order chi connectivity index (χ1) is 29.6. The number of benzene rings is 1. The van der Waals surface area contributed by atoms with Gasteiger partial charge in [0.2, 0.25) is 5.78 Å². The molecule has 344 valence electrons. The van der Waals surface area contributed by atoms with Gasteiger partial charge in [-0.3, -0.25) is 24.6 Å². The van der Waals surface area contributed by atoms with Crippen LogP contribution in [0.25, 0.3) is 5.76 Å². The number of ether oxygens (including phenoxy) is 1. The Labute approximate surface area is 371 Å². The zero-order valence-corrected chi connectivity index (χ0v) is 38.2. The molecule has 1 aromatic rings. The van der Waals surface area contributed by atoms with Gasteiger partial charge in [-0.05, 0) is 123 Å². The molecule has 4 saturated carbocycles. The lowest BCUT2D eigenvalue weighted by molar-refractivity contribution is -0.169. The van der Waals surface area contributed by atoms with Gasteiger partial charge < -0.3 is 36.0 Å². The maximum atomic E-state index is 14.4. The Morgan fingerprint density at radius 3 is 2.38 bits per heavy atom. The minimum absolute atomic E-state index is 0.0592. The molecule has 0 spiro atoms. The van der Waals surface area contributed by atoms with Crippen LogP contribution in [0.2, 0.25) is 0 Å². The first-order valence-corrected chi connectivity index (χ1v) is 23.4. The van der Waals surface area contributed by atoms with Crippen molar-refractivity contribution in [3.8, 4) is 5.75 Å². The van der Waals surface area contributed by atoms with Crippen molar-refractivity contribution in [1.82, 2.24) is 4.90 Å². The number of fused-ring (bicyclic) bond motifs is 8. The van der Waals surface area contributed by atoms with Gasteiger partial charge in [-0.1, -0.05) is 78.5 Å². The van der Waals surface area contributed by atoms with E-state index in [-0.39, 0.29) is 22.8 Å². The van der Waals surface area contributed by atoms with Crippen LogP contribution in [0.15, 0.2) is 40.7 Å². The quantitative estimate of drug-likeness (QED) is 0.0734. The van der Waals surface area contributed by atoms with Crippen LogP contribution < -0.4 is 11.1 Å². The predicted octanol–water partition coefficient (Wildman–Crippen LogP) is 7.45. The second-order valence-corrected chi connectivity index (χ2v) is 21.7. The minimum atomic E-state index is -3.02. The molecule has 8 N–H and O–H groups in total. The number of aliphatic hydroxyl groups excluding tert-OH is 3. The molecule has 2 amide bonds. The van der Waals surface area contributed by atoms with Crippen molar-refractivity contribution in [3.63, 3.8) is 0 Å². The summed E-state index contributed by atoms with van der Waals surface area (Å²) in [5.74, 6) is -5.55. The fourth-order valence-electron chi connectivity index (χ4n) is 14.8. The lowest BCUT2D eigenvalue weighted by Crippen LogP contribution is -2.70. The van der Waals surface area contributed by atoms with E-state index in [0.29, 0.717) is 35.7 Å². The molecule has 0 bridgehead atoms. The van der Waals surface area contributed by atoms with Gasteiger partial charge in [-0.2, -0.15) is 0 Å². The second kappa shape index (κ2) is 16.0. The number of aliphatic hydroxyl groups is 4. The summed E-state index contributed by atoms with van der Waals surface area (Å²) < 4.78 is 6.01. The predicted molar refractivity (Wildman–Crippen MR) is 237 cm³/mol. The van der Waals surface area contributed by atoms with E-state index in [9.17, 15) is 44.7 Å². The van der Waals surface area contributed by atoms with Crippen LogP contribution in [0.3, 0.4) is 0 Å². The van der Waals surface area contributed by atoms with Gasteiger partial charge in [0.15, 0.2) is 11.4 Å². The van der Waals surface area contributed by atoms with Crippen molar-refractivity contribution in [2.24, 2.45) is 63.9 Å². The van der Waals surface area contributed by atoms with E-state index < -0.39 is 87.5 Å². The molecule has 0 radical (unpaired) electrons. The molecule has 7 aliphatic carbocycles. The highest BCUT2D eigenvalue weighted by Crippen LogP contribution is 2.67. The molecular formula is C50H69N3O10. The van der Waals surface area contributed by atoms with Gasteiger partial charge >= 0.3 is 6.09 Å². The Kier molecular flexibility index (Phi) is 11.6. The Bertz CT molecular complexity index is 2190. The Morgan fingerprint density at radius 2 is 1.71 bits per heavy atom. The summed E-state index contributed by atoms with van der Waals surface area (Å²) in [6.45, 7) is 13.8. The summed E-state index contributed by atoms with van der Waals surface area (Å²) in [5, 5.41) is 61.2. The van der Waals surface area contributed by atoms with Gasteiger partial charge in [-0.15, -0.1) is 0 Å². The number of aromatic hydroxyl groups is 1. The summed E-state index contributed by atoms with van der Waals surface area (Å²) in [6, 6.07) is 1.57. The number of likely N-dealkylation sites (N-methyl/N-ethyl adjacent to an activating group) is 1. The fraction of sp³-hybridized carbons (Fsp3) is 0.680. The number of nitrogens with two attached hydrogens (primary N) is 1. The monoisotopic (exact) mass is 871 g/mol. The highest BCUT2D eigenvalue weighted by molar-refractivity contribution is 6.24. The lowest BCUT2D eigenvalue weighted by Gasteiger charge is -2.58. The lowest BCUT2D eigenvalue weighted by atomic mass is 9.47. The van der Waals surface area contributed by atoms with Gasteiger partial charge in [0, 0.05) is 17.9 Å². The Balaban J connectivity index is 0.985. The minimum Gasteiger partial charge on any atom is -0.508 e. The smallest absolute Gasteiger partial charge is 0.412 e. The first-order valence-electron chi connectivity index (χ1n) is 23.4. The molecule has 63 heavy (non-hydrogen) atoms. The number of primary amides is 1. The summed E-state index contributed by atoms with van der Waals surface area (Å²) in [4.78, 5) is 55.1. The SMILES string of the molecule is CC(C)CCC[C@H](C)C1CCC2C3CC=C4CC(OC(=O)Nc5ccc6c(c5O)C(O)=C5C(=O)[C@@]7(O)C(O)=C(C(N)=O)C(=O)[C@H](N(C)C)[C@H]7[C@H](O)[C@H]5[C@@H]6C)CC[C@]4(C)C3CC[C@@]21C. The molecule has 13 heteroatoms. The molecule has 13 nitrogen and oxygen atoms in total. The number of Topliss-reactive ketones (excluding diaryl/α,β-unsaturated/α-hetero) is 2. The Hall–Kier alpha value is -4.20. The van der Waals surface area contributed by atoms with Crippen molar-refractivity contribution in [1.29, 1.82) is 0 Å². The number of rotatable bonds is 9. The second-order valence-electron chi connectivity index (χ2n) is 21.7. The van der Waals surface area contributed by atoms with Gasteiger partial charge in [-0.25, -0.2) is 4.79 Å². The van der Waals surface area contributed by atoms with Gasteiger partial charge in [0.1, 0.15) is 28.9 Å². The molecule has 0 aliphatic heterocycles. The molecule has 0 saturated heterocycles. The summed E-state index contributed by atoms with van der Waals surface area (Å²) in [6.07, 6.45) is 12.1. The van der Waals surface area contributed by atoms with E-state index in [4.69, 9.17) is 10.5 Å². The average Bonchev–Trinajstić information content (AvgIpc) is 3.57. The molecule has 8 rings (SSSR count). The zero-order chi connectivity index (χ0) is 45.8. The van der Waals surface area contributed by atoms with Crippen LogP contribution in [0.4, 0.5) is 10.5 Å². The molecule has 14 atom stereocenters. The number of anilines is 1. The molecule has 1 aromatic carbocycles. The molecule has 4 fully saturated rings. The number of allylic oxidation sites excluding steroid dienone is 1. The highest BCUT2D eigenvalue weighted by atomic mass is 16.6. The normalized spacial score (nSPS) is 38.8. The topological polar surface area (TPSA) is 220 Å². The third kappa shape index (κ3) is 6.79. The average molecular weight is 872 g/mol. The maximum Gasteiger partial charge on any atom is 0.412 e. The number of nitrogens with one attached hydrogen (secondary N) is 1. The number of phenols is 1. The third-order valence-electron chi connectivity index (χ3n) is 17.9. The first kappa shape index (κ1) is 45.4. The number of carbonyl (C=O) groups excluding carboxylic acids is 4. The number of hydrogen-bond acceptors (Lipinski definition) is 11. The maximum absolute atomic E-state index is 14.4. The molecule has 0 heterocycles. The molecule has 5 unspecified atom stereocenters. The summed E-state index contributed by atoms with van der Waals surface area (Å²) in [5.41, 5.74) is 2.78. The van der Waals surface area contributed by atoms with Crippen molar-refractivity contribution in [2.75, 3.05) is 19.4 Å². The zero-order valence-electron chi connectivity index (χ0n) is 38.2. The van der Waals surface area contributed by atoms with E-state index in [2.05, 4.69) is 46.0 Å². The summed E-state index contributed by atoms with van der Waals surface area (Å²) >= 11 is 0. The van der Waals surface area contributed by atoms with Crippen LogP contribution in [-0.2, 0) is 19.1 Å². The van der Waals surface area contributed by atoms with Crippen LogP contribution in [0, 0.1) is 58.2 Å². The number of nitrogens with zero attached hydrogens (tertiary/aromatic N) is 1. The van der Waals surface area contributed by atoms with Crippen LogP contribution in [0.1, 0.15) is 129 Å². The standard InChI is InChI=1S/C50H69N3O10/c1-23(2)10-9-11-24(3)30-15-16-31-29-13-12-26-22-27(18-20-48(26,5)32(29)19-21-49(30,31)6)63-47(61)52-33-17-14-28-25(4)34-36(41(55)35(28)40(33)54)44(58)50(62)38(42(34)56)39(53(7)8)43(57)37(45(50)59)46(51)60/h12,14,17,23-25,27,29-32,34,38-39,42,54-56,59,62H,9-11,13,15-16,18-22H2,1-8H3,(H2,51,60)(H,52,61)/t24-,25+,27?,29?,30?,31?,32?,34-,38-,39+,42+,48-,49+,50+/m0/s1. The van der Waals surface area contributed by atoms with Crippen LogP contribution in [0.5, 0.6) is 5.75 Å². The number of carbonyl (C=O) groups is 4. The highest BCUT2D eigenvalue weighted by Gasteiger charge is 2.68. The third-order valence-corrected chi connectivity index (χ3v) is 17.9. The van der Waals surface area contributed by atoms with Gasteiger partial charge in [0.25, 0.3) is 5.91 Å². The van der Waals surface area contributed by atoms with Crippen LogP contribution >= 0.6 is 0 Å². The van der Waals surface area contributed by atoms with E-state index >= 15 is 0 Å². The van der Waals surface area contributed by atoms with Crippen molar-refractivity contribution in [2.45, 2.75) is 142 Å². The van der Waals surface area contributed by atoms with E-state index in [1.54, 1.807) is 13.0 Å². The molecule has 7 aliphatic rings. The number of hydrogen-bond donors (Lipinski definition) is 7. The molecule has 0 aromatic heterocycles. The van der Waals surface area contributed by atoms with Crippen LogP contribution in [-0.4, -0.2) is 91.9 Å². The number of phenolic OH excluding ortho intramolecular Hbond substituents is 1. The molecular weight excluding hydrogens is 803 g/mol. The largest absolute Gasteiger partial charge is 0.508 e. The fourth-order valence-corrected chi connectivity index (χ4v) is 14.8. The van der Waals surface area contributed by atoms with E-state index in [0.717, 1.165) is 36.5 Å². The van der Waals surface area contributed by atoms with Crippen molar-refractivity contribution in [3.05, 3.63) is 51.8 Å². The van der Waals surface area contributed by atoms with Crippen molar-refractivity contribution < 1.29 is 49.4 Å². The van der Waals surface area contributed by atoms with E-state index in [1.165, 1.54) is 75.6 Å². The van der Waals surface area contributed by atoms with Gasteiger partial charge in [0.05, 0.1) is 29.3 Å². The summed E-state index contributed by atoms with van der Waals surface area (Å²) in [7, 11) is 2.92.